The molecule has 37 heavy (non-hydrogen) atoms. The topological polar surface area (TPSA) is 87.7 Å². The average Bonchev–Trinajstić information content (AvgIpc) is 2.77. The van der Waals surface area contributed by atoms with Crippen molar-refractivity contribution in [1.29, 1.82) is 0 Å². The van der Waals surface area contributed by atoms with E-state index in [0.717, 1.165) is 42.4 Å². The van der Waals surface area contributed by atoms with Crippen LogP contribution in [0.3, 0.4) is 0 Å². The molecule has 0 aliphatic rings. The summed E-state index contributed by atoms with van der Waals surface area (Å²) < 4.78 is 5.47. The van der Waals surface area contributed by atoms with Crippen molar-refractivity contribution in [1.82, 2.24) is 15.5 Å². The number of carbonyl (C=O) groups is 3. The molecule has 0 aromatic heterocycles. The van der Waals surface area contributed by atoms with Crippen LogP contribution in [0.5, 0.6) is 0 Å². The van der Waals surface area contributed by atoms with E-state index in [-0.39, 0.29) is 17.9 Å². The minimum Gasteiger partial charge on any atom is -0.444 e. The highest BCUT2D eigenvalue weighted by Gasteiger charge is 2.37. The highest BCUT2D eigenvalue weighted by atomic mass is 32.2. The van der Waals surface area contributed by atoms with Crippen LogP contribution in [-0.2, 0) is 14.3 Å². The quantitative estimate of drug-likeness (QED) is 0.289. The second-order valence-electron chi connectivity index (χ2n) is 10.9. The van der Waals surface area contributed by atoms with Gasteiger partial charge in [0, 0.05) is 12.6 Å². The highest BCUT2D eigenvalue weighted by Crippen LogP contribution is 2.29. The molecule has 0 bridgehead atoms. The fourth-order valence-electron chi connectivity index (χ4n) is 4.27. The first-order valence-electron chi connectivity index (χ1n) is 13.5. The van der Waals surface area contributed by atoms with Crippen molar-refractivity contribution in [3.05, 3.63) is 34.9 Å². The van der Waals surface area contributed by atoms with Crippen molar-refractivity contribution >= 4 is 29.7 Å². The Morgan fingerprint density at radius 3 is 2.16 bits per heavy atom. The van der Waals surface area contributed by atoms with Gasteiger partial charge in [-0.05, 0) is 90.0 Å². The second kappa shape index (κ2) is 15.9. The molecule has 2 N–H and O–H groups in total. The third kappa shape index (κ3) is 11.4. The number of alkyl carbamates (subject to hydrolysis) is 1. The Kier molecular flexibility index (Phi) is 14.1. The zero-order valence-electron chi connectivity index (χ0n) is 24.4. The predicted molar refractivity (Wildman–Crippen MR) is 154 cm³/mol. The Balaban J connectivity index is 3.54. The van der Waals surface area contributed by atoms with Gasteiger partial charge in [-0.3, -0.25) is 9.59 Å². The lowest BCUT2D eigenvalue weighted by molar-refractivity contribution is -0.142. The summed E-state index contributed by atoms with van der Waals surface area (Å²) in [5.41, 5.74) is 2.06. The van der Waals surface area contributed by atoms with Crippen molar-refractivity contribution < 1.29 is 19.1 Å². The molecule has 1 aromatic rings. The van der Waals surface area contributed by atoms with Crippen LogP contribution in [-0.4, -0.2) is 59.0 Å². The molecule has 0 saturated carbocycles. The number of amides is 3. The van der Waals surface area contributed by atoms with Gasteiger partial charge in [-0.25, -0.2) is 4.79 Å². The lowest BCUT2D eigenvalue weighted by Gasteiger charge is -2.36. The summed E-state index contributed by atoms with van der Waals surface area (Å²) in [5.74, 6) is 0.211. The van der Waals surface area contributed by atoms with Gasteiger partial charge < -0.3 is 20.3 Å². The molecule has 7 nitrogen and oxygen atoms in total. The first-order valence-corrected chi connectivity index (χ1v) is 14.9. The van der Waals surface area contributed by atoms with E-state index >= 15 is 0 Å². The van der Waals surface area contributed by atoms with E-state index < -0.39 is 23.8 Å². The number of hydrogen-bond acceptors (Lipinski definition) is 5. The van der Waals surface area contributed by atoms with Crippen LogP contribution in [0.25, 0.3) is 0 Å². The lowest BCUT2D eigenvalue weighted by Crippen LogP contribution is -2.54. The van der Waals surface area contributed by atoms with Crippen LogP contribution in [0.15, 0.2) is 18.2 Å². The van der Waals surface area contributed by atoms with Gasteiger partial charge in [0.2, 0.25) is 11.8 Å². The van der Waals surface area contributed by atoms with Crippen LogP contribution in [0.1, 0.15) is 96.4 Å². The number of thioether (sulfide) groups is 1. The fraction of sp³-hybridized carbons (Fsp3) is 0.690. The molecule has 0 aliphatic carbocycles. The van der Waals surface area contributed by atoms with E-state index in [1.54, 1.807) is 37.4 Å². The van der Waals surface area contributed by atoms with E-state index in [0.29, 0.717) is 18.7 Å². The lowest BCUT2D eigenvalue weighted by atomic mass is 9.93. The van der Waals surface area contributed by atoms with Crippen LogP contribution < -0.4 is 10.6 Å². The van der Waals surface area contributed by atoms with Crippen molar-refractivity contribution in [3.8, 4) is 0 Å². The van der Waals surface area contributed by atoms with E-state index in [4.69, 9.17) is 4.74 Å². The zero-order valence-corrected chi connectivity index (χ0v) is 25.2. The van der Waals surface area contributed by atoms with Crippen LogP contribution in [0.4, 0.5) is 4.79 Å². The van der Waals surface area contributed by atoms with E-state index in [1.807, 2.05) is 52.1 Å². The van der Waals surface area contributed by atoms with E-state index in [9.17, 15) is 14.4 Å². The maximum atomic E-state index is 14.2. The predicted octanol–water partition coefficient (Wildman–Crippen LogP) is 5.92. The van der Waals surface area contributed by atoms with Gasteiger partial charge in [0.25, 0.3) is 0 Å². The fourth-order valence-corrected chi connectivity index (χ4v) is 4.74. The molecule has 1 aromatic carbocycles. The maximum Gasteiger partial charge on any atom is 0.408 e. The molecular formula is C29H49N3O4S. The summed E-state index contributed by atoms with van der Waals surface area (Å²) in [4.78, 5) is 42.3. The largest absolute Gasteiger partial charge is 0.444 e. The van der Waals surface area contributed by atoms with Crippen LogP contribution in [0.2, 0.25) is 0 Å². The van der Waals surface area contributed by atoms with Gasteiger partial charge in [0.15, 0.2) is 0 Å². The van der Waals surface area contributed by atoms with E-state index in [1.165, 1.54) is 0 Å². The van der Waals surface area contributed by atoms with Crippen LogP contribution in [0, 0.1) is 13.8 Å². The first-order chi connectivity index (χ1) is 17.3. The third-order valence-corrected chi connectivity index (χ3v) is 6.59. The van der Waals surface area contributed by atoms with Gasteiger partial charge in [-0.1, -0.05) is 44.4 Å². The molecule has 0 spiro atoms. The second-order valence-corrected chi connectivity index (χ2v) is 11.9. The molecule has 0 heterocycles. The number of carbonyl (C=O) groups excluding carboxylic acids is 3. The molecule has 210 valence electrons. The third-order valence-electron chi connectivity index (χ3n) is 5.94. The normalized spacial score (nSPS) is 13.1. The number of nitrogens with one attached hydrogen (secondary N) is 2. The summed E-state index contributed by atoms with van der Waals surface area (Å²) >= 11 is 1.61. The summed E-state index contributed by atoms with van der Waals surface area (Å²) in [6, 6.07) is 4.24. The Labute approximate surface area is 228 Å². The Hall–Kier alpha value is -2.22. The molecule has 8 heteroatoms. The van der Waals surface area contributed by atoms with Crippen molar-refractivity contribution in [3.63, 3.8) is 0 Å². The monoisotopic (exact) mass is 535 g/mol. The minimum atomic E-state index is -0.799. The van der Waals surface area contributed by atoms with Gasteiger partial charge in [-0.15, -0.1) is 0 Å². The molecule has 2 unspecified atom stereocenters. The van der Waals surface area contributed by atoms with Gasteiger partial charge in [0.05, 0.1) is 0 Å². The summed E-state index contributed by atoms with van der Waals surface area (Å²) in [6.07, 6.45) is 5.63. The molecule has 1 rings (SSSR count). The van der Waals surface area contributed by atoms with Gasteiger partial charge >= 0.3 is 6.09 Å². The Morgan fingerprint density at radius 1 is 1.03 bits per heavy atom. The Bertz CT molecular complexity index is 862. The maximum absolute atomic E-state index is 14.2. The Morgan fingerprint density at radius 2 is 1.65 bits per heavy atom. The number of rotatable bonds is 14. The molecular weight excluding hydrogens is 486 g/mol. The average molecular weight is 536 g/mol. The smallest absolute Gasteiger partial charge is 0.408 e. The molecule has 0 saturated heterocycles. The standard InChI is InChI=1S/C29H49N3O4S/c1-10-11-12-13-18-32(27(34)23(17-19-37-9)31-28(35)36-29(6,7)8)25(26(33)30-20(2)3)24-21(4)15-14-16-22(24)5/h14-16,20,23,25H,10-13,17-19H2,1-9H3,(H,30,33)(H,31,35). The number of aryl methyl sites for hydroxylation is 2. The van der Waals surface area contributed by atoms with Crippen molar-refractivity contribution in [2.24, 2.45) is 0 Å². The number of benzene rings is 1. The summed E-state index contributed by atoms with van der Waals surface area (Å²) in [5, 5.41) is 5.85. The number of nitrogens with zero attached hydrogens (tertiary/aromatic N) is 1. The molecule has 0 radical (unpaired) electrons. The molecule has 0 aliphatic heterocycles. The zero-order chi connectivity index (χ0) is 28.2. The SMILES string of the molecule is CCCCCCN(C(=O)C(CCSC)NC(=O)OC(C)(C)C)C(C(=O)NC(C)C)c1c(C)cccc1C. The minimum absolute atomic E-state index is 0.0801. The van der Waals surface area contributed by atoms with Gasteiger partial charge in [0.1, 0.15) is 17.7 Å². The molecule has 2 atom stereocenters. The summed E-state index contributed by atoms with van der Waals surface area (Å²) in [7, 11) is 0. The van der Waals surface area contributed by atoms with Crippen LogP contribution >= 0.6 is 11.8 Å². The first kappa shape index (κ1) is 32.8. The number of unbranched alkanes of at least 4 members (excludes halogenated alkanes) is 3. The summed E-state index contributed by atoms with van der Waals surface area (Å²) in [6.45, 7) is 15.7. The molecule has 0 fully saturated rings. The number of hydrogen-bond donors (Lipinski definition) is 2. The van der Waals surface area contributed by atoms with Crippen molar-refractivity contribution in [2.75, 3.05) is 18.6 Å². The van der Waals surface area contributed by atoms with E-state index in [2.05, 4.69) is 17.6 Å². The molecule has 3 amide bonds. The highest BCUT2D eigenvalue weighted by molar-refractivity contribution is 7.98. The van der Waals surface area contributed by atoms with Gasteiger partial charge in [-0.2, -0.15) is 11.8 Å². The van der Waals surface area contributed by atoms with Crippen molar-refractivity contribution in [2.45, 2.75) is 111 Å². The number of ether oxygens (including phenoxy) is 1.